The summed E-state index contributed by atoms with van der Waals surface area (Å²) in [6, 6.07) is 5.96. The van der Waals surface area contributed by atoms with Gasteiger partial charge in [0, 0.05) is 10.4 Å². The van der Waals surface area contributed by atoms with Crippen LogP contribution in [0, 0.1) is 0 Å². The molecule has 0 atom stereocenters. The minimum absolute atomic E-state index is 0.0233. The summed E-state index contributed by atoms with van der Waals surface area (Å²) in [5, 5.41) is 0.738. The Kier molecular flexibility index (Phi) is 3.38. The number of hydrogen-bond acceptors (Lipinski definition) is 4. The second kappa shape index (κ2) is 5.63. The number of rotatable bonds is 3. The van der Waals surface area contributed by atoms with Gasteiger partial charge in [-0.15, -0.1) is 11.3 Å². The highest BCUT2D eigenvalue weighted by Gasteiger charge is 2.22. The number of carbonyl (C=O) groups is 1. The topological polar surface area (TPSA) is 52.0 Å². The fourth-order valence-corrected chi connectivity index (χ4v) is 5.34. The number of nitrogens with zero attached hydrogens (tertiary/aromatic N) is 2. The van der Waals surface area contributed by atoms with E-state index >= 15 is 0 Å². The van der Waals surface area contributed by atoms with E-state index in [1.807, 2.05) is 12.1 Å². The SMILES string of the molecule is O=C(Cn1cnc2sc3c(c2c1=O)CCC3)c1ccc2c(c1)CCC2. The molecule has 1 aromatic carbocycles. The van der Waals surface area contributed by atoms with E-state index in [0.717, 1.165) is 54.3 Å². The van der Waals surface area contributed by atoms with Crippen molar-refractivity contribution < 1.29 is 4.79 Å². The molecule has 0 saturated carbocycles. The molecule has 2 aromatic heterocycles. The van der Waals surface area contributed by atoms with Crippen LogP contribution in [-0.4, -0.2) is 15.3 Å². The Balaban J connectivity index is 1.50. The number of fused-ring (bicyclic) bond motifs is 4. The molecule has 0 amide bonds. The molecule has 0 radical (unpaired) electrons. The van der Waals surface area contributed by atoms with Crippen molar-refractivity contribution in [3.8, 4) is 0 Å². The van der Waals surface area contributed by atoms with Gasteiger partial charge in [-0.3, -0.25) is 14.2 Å². The number of benzene rings is 1. The van der Waals surface area contributed by atoms with Crippen LogP contribution in [0.5, 0.6) is 0 Å². The van der Waals surface area contributed by atoms with E-state index in [9.17, 15) is 9.59 Å². The maximum Gasteiger partial charge on any atom is 0.262 e. The molecule has 2 heterocycles. The van der Waals surface area contributed by atoms with Crippen LogP contribution in [-0.2, 0) is 32.2 Å². The Labute approximate surface area is 149 Å². The first-order valence-corrected chi connectivity index (χ1v) is 9.67. The smallest absolute Gasteiger partial charge is 0.262 e. The molecule has 3 aromatic rings. The summed E-state index contributed by atoms with van der Waals surface area (Å²) in [4.78, 5) is 32.1. The Morgan fingerprint density at radius 1 is 1.12 bits per heavy atom. The molecule has 0 bridgehead atoms. The zero-order valence-corrected chi connectivity index (χ0v) is 14.7. The van der Waals surface area contributed by atoms with E-state index in [1.165, 1.54) is 26.9 Å². The molecule has 0 fully saturated rings. The number of carbonyl (C=O) groups excluding carboxylic acids is 1. The van der Waals surface area contributed by atoms with Crippen molar-refractivity contribution in [1.29, 1.82) is 0 Å². The fraction of sp³-hybridized carbons (Fsp3) is 0.350. The van der Waals surface area contributed by atoms with E-state index in [-0.39, 0.29) is 17.9 Å². The van der Waals surface area contributed by atoms with Crippen molar-refractivity contribution in [2.24, 2.45) is 0 Å². The highest BCUT2D eigenvalue weighted by atomic mass is 32.1. The molecule has 0 unspecified atom stereocenters. The minimum Gasteiger partial charge on any atom is -0.292 e. The Bertz CT molecular complexity index is 1080. The monoisotopic (exact) mass is 350 g/mol. The first kappa shape index (κ1) is 15.0. The van der Waals surface area contributed by atoms with Crippen LogP contribution < -0.4 is 5.56 Å². The van der Waals surface area contributed by atoms with E-state index < -0.39 is 0 Å². The lowest BCUT2D eigenvalue weighted by Gasteiger charge is -2.07. The van der Waals surface area contributed by atoms with Crippen molar-refractivity contribution in [3.63, 3.8) is 0 Å². The highest BCUT2D eigenvalue weighted by molar-refractivity contribution is 7.18. The number of hydrogen-bond donors (Lipinski definition) is 0. The van der Waals surface area contributed by atoms with Gasteiger partial charge in [0.15, 0.2) is 5.78 Å². The third kappa shape index (κ3) is 2.37. The van der Waals surface area contributed by atoms with Crippen LogP contribution in [0.4, 0.5) is 0 Å². The summed E-state index contributed by atoms with van der Waals surface area (Å²) in [7, 11) is 0. The molecule has 2 aliphatic carbocycles. The third-order valence-electron chi connectivity index (χ3n) is 5.43. The largest absolute Gasteiger partial charge is 0.292 e. The maximum atomic E-state index is 12.9. The molecule has 25 heavy (non-hydrogen) atoms. The van der Waals surface area contributed by atoms with Crippen molar-refractivity contribution in [2.75, 3.05) is 0 Å². The van der Waals surface area contributed by atoms with Crippen molar-refractivity contribution in [2.45, 2.75) is 45.1 Å². The summed E-state index contributed by atoms with van der Waals surface area (Å²) < 4.78 is 1.48. The van der Waals surface area contributed by atoms with Gasteiger partial charge in [-0.05, 0) is 61.3 Å². The summed E-state index contributed by atoms with van der Waals surface area (Å²) >= 11 is 1.63. The summed E-state index contributed by atoms with van der Waals surface area (Å²) in [5.74, 6) is -0.0233. The van der Waals surface area contributed by atoms with Crippen LogP contribution in [0.25, 0.3) is 10.2 Å². The molecule has 2 aliphatic rings. The standard InChI is InChI=1S/C20H18N2O2S/c23-16(14-8-7-12-3-1-4-13(12)9-14)10-22-11-21-19-18(20(22)24)15-5-2-6-17(15)25-19/h7-9,11H,1-6,10H2. The average Bonchev–Trinajstić information content (AvgIpc) is 3.31. The molecule has 0 saturated heterocycles. The summed E-state index contributed by atoms with van der Waals surface area (Å²) in [6.45, 7) is 0.0607. The molecular weight excluding hydrogens is 332 g/mol. The van der Waals surface area contributed by atoms with Crippen molar-refractivity contribution in [1.82, 2.24) is 9.55 Å². The molecule has 5 rings (SSSR count). The van der Waals surface area contributed by atoms with E-state index in [2.05, 4.69) is 11.1 Å². The fourth-order valence-electron chi connectivity index (χ4n) is 4.12. The van der Waals surface area contributed by atoms with Crippen LogP contribution >= 0.6 is 11.3 Å². The Morgan fingerprint density at radius 2 is 1.96 bits per heavy atom. The lowest BCUT2D eigenvalue weighted by molar-refractivity contribution is 0.0970. The summed E-state index contributed by atoms with van der Waals surface area (Å²) in [6.07, 6.45) is 7.95. The van der Waals surface area contributed by atoms with E-state index in [0.29, 0.717) is 5.56 Å². The number of thiophene rings is 1. The number of ketones is 1. The molecule has 0 spiro atoms. The second-order valence-corrected chi connectivity index (χ2v) is 8.06. The number of Topliss-reactive ketones (excluding diaryl/α,β-unsaturated/α-hetero) is 1. The molecule has 0 N–H and O–H groups in total. The number of aryl methyl sites for hydroxylation is 4. The lowest BCUT2D eigenvalue weighted by atomic mass is 10.0. The predicted molar refractivity (Wildman–Crippen MR) is 98.7 cm³/mol. The highest BCUT2D eigenvalue weighted by Crippen LogP contribution is 2.34. The first-order valence-electron chi connectivity index (χ1n) is 8.85. The maximum absolute atomic E-state index is 12.9. The van der Waals surface area contributed by atoms with Crippen LogP contribution in [0.1, 0.15) is 44.8 Å². The Hall–Kier alpha value is -2.27. The molecule has 0 aliphatic heterocycles. The average molecular weight is 350 g/mol. The van der Waals surface area contributed by atoms with Gasteiger partial charge in [-0.25, -0.2) is 4.98 Å². The van der Waals surface area contributed by atoms with Crippen LogP contribution in [0.2, 0.25) is 0 Å². The van der Waals surface area contributed by atoms with Gasteiger partial charge < -0.3 is 0 Å². The van der Waals surface area contributed by atoms with Crippen molar-refractivity contribution in [3.05, 3.63) is 62.0 Å². The molecule has 126 valence electrons. The van der Waals surface area contributed by atoms with Gasteiger partial charge >= 0.3 is 0 Å². The second-order valence-electron chi connectivity index (χ2n) is 6.98. The normalized spacial score (nSPS) is 15.5. The molecule has 5 heteroatoms. The Morgan fingerprint density at radius 3 is 2.88 bits per heavy atom. The van der Waals surface area contributed by atoms with Crippen LogP contribution in [0.15, 0.2) is 29.3 Å². The van der Waals surface area contributed by atoms with Crippen LogP contribution in [0.3, 0.4) is 0 Å². The molecule has 4 nitrogen and oxygen atoms in total. The molecular formula is C20H18N2O2S. The lowest BCUT2D eigenvalue weighted by Crippen LogP contribution is -2.24. The first-order chi connectivity index (χ1) is 12.2. The van der Waals surface area contributed by atoms with Gasteiger partial charge in [-0.1, -0.05) is 12.1 Å². The van der Waals surface area contributed by atoms with E-state index in [4.69, 9.17) is 0 Å². The van der Waals surface area contributed by atoms with Gasteiger partial charge in [-0.2, -0.15) is 0 Å². The predicted octanol–water partition coefficient (Wildman–Crippen LogP) is 3.32. The quantitative estimate of drug-likeness (QED) is 0.681. The van der Waals surface area contributed by atoms with Gasteiger partial charge in [0.25, 0.3) is 5.56 Å². The van der Waals surface area contributed by atoms with E-state index in [1.54, 1.807) is 11.3 Å². The van der Waals surface area contributed by atoms with Gasteiger partial charge in [0.2, 0.25) is 0 Å². The zero-order valence-electron chi connectivity index (χ0n) is 13.9. The minimum atomic E-state index is -0.0705. The van der Waals surface area contributed by atoms with Gasteiger partial charge in [0.05, 0.1) is 18.3 Å². The zero-order chi connectivity index (χ0) is 17.0. The van der Waals surface area contributed by atoms with Crippen molar-refractivity contribution >= 4 is 27.3 Å². The number of aromatic nitrogens is 2. The third-order valence-corrected chi connectivity index (χ3v) is 6.63. The van der Waals surface area contributed by atoms with Gasteiger partial charge in [0.1, 0.15) is 4.83 Å². The summed E-state index contributed by atoms with van der Waals surface area (Å²) in [5.41, 5.74) is 4.42.